The first-order valence-electron chi connectivity index (χ1n) is 10.8. The van der Waals surface area contributed by atoms with Gasteiger partial charge in [-0.3, -0.25) is 9.69 Å². The Balaban J connectivity index is 1.50. The van der Waals surface area contributed by atoms with Crippen molar-refractivity contribution < 1.29 is 13.9 Å². The molecule has 1 fully saturated rings. The maximum Gasteiger partial charge on any atom is 0.287 e. The van der Waals surface area contributed by atoms with Crippen LogP contribution in [-0.2, 0) is 4.74 Å². The van der Waals surface area contributed by atoms with E-state index in [0.29, 0.717) is 17.9 Å². The number of ether oxygens (including phenoxy) is 1. The first-order chi connectivity index (χ1) is 14.6. The fourth-order valence-electron chi connectivity index (χ4n) is 4.34. The summed E-state index contributed by atoms with van der Waals surface area (Å²) < 4.78 is 11.4. The number of amides is 1. The first-order valence-corrected chi connectivity index (χ1v) is 10.8. The number of nitrogens with zero attached hydrogens (tertiary/aromatic N) is 1. The largest absolute Gasteiger partial charge is 0.451 e. The molecule has 0 radical (unpaired) electrons. The van der Waals surface area contributed by atoms with Crippen LogP contribution in [0.25, 0.3) is 11.0 Å². The summed E-state index contributed by atoms with van der Waals surface area (Å²) >= 11 is 0. The molecule has 1 amide bonds. The molecule has 30 heavy (non-hydrogen) atoms. The molecule has 1 saturated heterocycles. The van der Waals surface area contributed by atoms with Crippen LogP contribution in [0.4, 0.5) is 0 Å². The molecule has 0 bridgehead atoms. The van der Waals surface area contributed by atoms with Crippen LogP contribution in [0.15, 0.2) is 65.1 Å². The van der Waals surface area contributed by atoms with Crippen LogP contribution in [0, 0.1) is 0 Å². The van der Waals surface area contributed by atoms with Crippen LogP contribution in [-0.4, -0.2) is 43.2 Å². The number of nitrogens with one attached hydrogen (secondary N) is 1. The highest BCUT2D eigenvalue weighted by molar-refractivity contribution is 5.96. The van der Waals surface area contributed by atoms with Crippen molar-refractivity contribution >= 4 is 16.9 Å². The number of piperidine rings is 1. The number of likely N-dealkylation sites (tertiary alicyclic amines) is 1. The molecule has 2 heterocycles. The molecular formula is C25H30N2O3. The molecule has 158 valence electrons. The number of methoxy groups -OCH3 is 1. The highest BCUT2D eigenvalue weighted by Gasteiger charge is 2.27. The van der Waals surface area contributed by atoms with E-state index < -0.39 is 0 Å². The number of furan rings is 1. The van der Waals surface area contributed by atoms with Crippen LogP contribution in [0.1, 0.15) is 48.3 Å². The van der Waals surface area contributed by atoms with E-state index in [1.807, 2.05) is 48.5 Å². The highest BCUT2D eigenvalue weighted by atomic mass is 16.5. The SMILES string of the molecule is COC1CCCN(C(C)CC(NC(=O)c2cc3ccccc3o2)c2ccccc2)C1. The standard InChI is InChI=1S/C25H30N2O3/c1-18(27-14-8-12-21(17-27)29-2)15-22(19-9-4-3-5-10-19)26-25(28)24-16-20-11-6-7-13-23(20)30-24/h3-7,9-11,13,16,18,21-22H,8,12,14-15,17H2,1-2H3,(H,26,28). The topological polar surface area (TPSA) is 54.7 Å². The predicted octanol–water partition coefficient (Wildman–Crippen LogP) is 4.79. The van der Waals surface area contributed by atoms with Crippen molar-refractivity contribution in [3.05, 3.63) is 72.0 Å². The van der Waals surface area contributed by atoms with Crippen LogP contribution in [0.2, 0.25) is 0 Å². The third kappa shape index (κ3) is 4.74. The van der Waals surface area contributed by atoms with Crippen molar-refractivity contribution in [2.75, 3.05) is 20.2 Å². The smallest absolute Gasteiger partial charge is 0.287 e. The van der Waals surface area contributed by atoms with E-state index in [9.17, 15) is 4.79 Å². The Labute approximate surface area is 178 Å². The van der Waals surface area contributed by atoms with E-state index in [-0.39, 0.29) is 11.9 Å². The molecule has 1 N–H and O–H groups in total. The van der Waals surface area contributed by atoms with Crippen LogP contribution >= 0.6 is 0 Å². The lowest BCUT2D eigenvalue weighted by atomic mass is 9.97. The Morgan fingerprint density at radius 3 is 2.73 bits per heavy atom. The maximum absolute atomic E-state index is 13.0. The van der Waals surface area contributed by atoms with E-state index >= 15 is 0 Å². The van der Waals surface area contributed by atoms with Gasteiger partial charge in [-0.15, -0.1) is 0 Å². The zero-order valence-electron chi connectivity index (χ0n) is 17.7. The van der Waals surface area contributed by atoms with Gasteiger partial charge in [0.2, 0.25) is 0 Å². The van der Waals surface area contributed by atoms with Gasteiger partial charge >= 0.3 is 0 Å². The minimum absolute atomic E-state index is 0.0927. The van der Waals surface area contributed by atoms with Gasteiger partial charge in [0.1, 0.15) is 5.58 Å². The zero-order valence-corrected chi connectivity index (χ0v) is 17.7. The molecular weight excluding hydrogens is 376 g/mol. The molecule has 0 spiro atoms. The van der Waals surface area contributed by atoms with Crippen molar-refractivity contribution in [2.24, 2.45) is 0 Å². The van der Waals surface area contributed by atoms with Gasteiger partial charge in [-0.1, -0.05) is 48.5 Å². The number of benzene rings is 2. The summed E-state index contributed by atoms with van der Waals surface area (Å²) in [6, 6.07) is 19.9. The molecule has 2 aromatic carbocycles. The Kier molecular flexibility index (Phi) is 6.50. The van der Waals surface area contributed by atoms with E-state index in [4.69, 9.17) is 9.15 Å². The summed E-state index contributed by atoms with van der Waals surface area (Å²) in [5.41, 5.74) is 1.83. The first kappa shape index (κ1) is 20.6. The van der Waals surface area contributed by atoms with E-state index in [0.717, 1.165) is 48.9 Å². The van der Waals surface area contributed by atoms with Crippen molar-refractivity contribution in [3.63, 3.8) is 0 Å². The molecule has 1 aromatic heterocycles. The van der Waals surface area contributed by atoms with Gasteiger partial charge in [-0.05, 0) is 50.4 Å². The van der Waals surface area contributed by atoms with Crippen molar-refractivity contribution in [1.82, 2.24) is 10.2 Å². The van der Waals surface area contributed by atoms with Gasteiger partial charge in [0.15, 0.2) is 5.76 Å². The third-order valence-electron chi connectivity index (χ3n) is 6.10. The number of rotatable bonds is 7. The van der Waals surface area contributed by atoms with Crippen LogP contribution in [0.5, 0.6) is 0 Å². The molecule has 5 heteroatoms. The lowest BCUT2D eigenvalue weighted by Crippen LogP contribution is -2.45. The number of para-hydroxylation sites is 1. The molecule has 3 atom stereocenters. The number of hydrogen-bond donors (Lipinski definition) is 1. The second kappa shape index (κ2) is 9.45. The minimum atomic E-state index is -0.180. The van der Waals surface area contributed by atoms with Gasteiger partial charge in [-0.25, -0.2) is 0 Å². The molecule has 0 aliphatic carbocycles. The second-order valence-corrected chi connectivity index (χ2v) is 8.16. The summed E-state index contributed by atoms with van der Waals surface area (Å²) in [5.74, 6) is 0.169. The quantitative estimate of drug-likeness (QED) is 0.613. The summed E-state index contributed by atoms with van der Waals surface area (Å²) in [7, 11) is 1.79. The average molecular weight is 407 g/mol. The molecule has 3 aromatic rings. The summed E-state index contributed by atoms with van der Waals surface area (Å²) in [4.78, 5) is 15.5. The normalized spacial score (nSPS) is 19.5. The number of hydrogen-bond acceptors (Lipinski definition) is 4. The number of fused-ring (bicyclic) bond motifs is 1. The third-order valence-corrected chi connectivity index (χ3v) is 6.10. The number of carbonyl (C=O) groups is 1. The summed E-state index contributed by atoms with van der Waals surface area (Å²) in [6.45, 7) is 4.25. The molecule has 1 aliphatic heterocycles. The highest BCUT2D eigenvalue weighted by Crippen LogP contribution is 2.25. The van der Waals surface area contributed by atoms with E-state index in [2.05, 4.69) is 29.3 Å². The molecule has 3 unspecified atom stereocenters. The monoisotopic (exact) mass is 406 g/mol. The number of carbonyl (C=O) groups excluding carboxylic acids is 1. The molecule has 1 aliphatic rings. The Bertz CT molecular complexity index is 936. The summed E-state index contributed by atoms with van der Waals surface area (Å²) in [6.07, 6.45) is 3.38. The Hall–Kier alpha value is -2.63. The van der Waals surface area contributed by atoms with Gasteiger partial charge in [0, 0.05) is 25.1 Å². The lowest BCUT2D eigenvalue weighted by molar-refractivity contribution is 0.0144. The van der Waals surface area contributed by atoms with Crippen molar-refractivity contribution in [1.29, 1.82) is 0 Å². The predicted molar refractivity (Wildman–Crippen MR) is 119 cm³/mol. The average Bonchev–Trinajstić information content (AvgIpc) is 3.24. The van der Waals surface area contributed by atoms with Crippen LogP contribution in [0.3, 0.4) is 0 Å². The fraction of sp³-hybridized carbons (Fsp3) is 0.400. The minimum Gasteiger partial charge on any atom is -0.451 e. The van der Waals surface area contributed by atoms with Gasteiger partial charge in [-0.2, -0.15) is 0 Å². The molecule has 0 saturated carbocycles. The Morgan fingerprint density at radius 1 is 1.20 bits per heavy atom. The second-order valence-electron chi connectivity index (χ2n) is 8.16. The lowest BCUT2D eigenvalue weighted by Gasteiger charge is -2.37. The summed E-state index contributed by atoms with van der Waals surface area (Å²) in [5, 5.41) is 4.15. The molecule has 4 rings (SSSR count). The Morgan fingerprint density at radius 2 is 1.97 bits per heavy atom. The maximum atomic E-state index is 13.0. The fourth-order valence-corrected chi connectivity index (χ4v) is 4.34. The van der Waals surface area contributed by atoms with Crippen molar-refractivity contribution in [2.45, 2.75) is 44.4 Å². The molecule has 5 nitrogen and oxygen atoms in total. The van der Waals surface area contributed by atoms with Crippen molar-refractivity contribution in [3.8, 4) is 0 Å². The van der Waals surface area contributed by atoms with E-state index in [1.165, 1.54) is 0 Å². The van der Waals surface area contributed by atoms with Gasteiger partial charge < -0.3 is 14.5 Å². The van der Waals surface area contributed by atoms with Gasteiger partial charge in [0.05, 0.1) is 12.1 Å². The van der Waals surface area contributed by atoms with E-state index in [1.54, 1.807) is 7.11 Å². The van der Waals surface area contributed by atoms with Crippen LogP contribution < -0.4 is 5.32 Å². The van der Waals surface area contributed by atoms with Gasteiger partial charge in [0.25, 0.3) is 5.91 Å². The zero-order chi connectivity index (χ0) is 20.9.